The van der Waals surface area contributed by atoms with Gasteiger partial charge in [-0.2, -0.15) is 0 Å². The van der Waals surface area contributed by atoms with Crippen LogP contribution in [0.1, 0.15) is 45.4 Å². The minimum absolute atomic E-state index is 0.181. The van der Waals surface area contributed by atoms with Gasteiger partial charge in [-0.25, -0.2) is 4.79 Å². The summed E-state index contributed by atoms with van der Waals surface area (Å²) in [7, 11) is 0. The van der Waals surface area contributed by atoms with Gasteiger partial charge in [0.05, 0.1) is 30.7 Å². The second kappa shape index (κ2) is 6.20. The molecule has 0 aromatic carbocycles. The molecule has 0 N–H and O–H groups in total. The van der Waals surface area contributed by atoms with Gasteiger partial charge in [-0.15, -0.1) is 0 Å². The molecule has 0 radical (unpaired) electrons. The van der Waals surface area contributed by atoms with Crippen LogP contribution in [0.25, 0.3) is 0 Å². The lowest BCUT2D eigenvalue weighted by Crippen LogP contribution is -2.46. The van der Waals surface area contributed by atoms with Gasteiger partial charge < -0.3 is 9.47 Å². The van der Waals surface area contributed by atoms with Crippen molar-refractivity contribution in [1.29, 1.82) is 0 Å². The molecule has 7 nitrogen and oxygen atoms in total. The first-order chi connectivity index (χ1) is 12.0. The molecule has 3 aliphatic heterocycles. The quantitative estimate of drug-likeness (QED) is 0.552. The maximum absolute atomic E-state index is 12.7. The molecule has 1 saturated carbocycles. The summed E-state index contributed by atoms with van der Waals surface area (Å²) >= 11 is 0. The number of rotatable bonds is 4. The lowest BCUT2D eigenvalue weighted by Gasteiger charge is -2.25. The van der Waals surface area contributed by atoms with E-state index in [1.54, 1.807) is 6.92 Å². The number of carbonyl (C=O) groups excluding carboxylic acids is 4. The molecule has 25 heavy (non-hydrogen) atoms. The number of Topliss-reactive ketones (excluding diaryl/α,β-unsaturated/α-hetero) is 1. The maximum atomic E-state index is 12.7. The lowest BCUT2D eigenvalue weighted by atomic mass is 9.81. The Balaban J connectivity index is 1.36. The Hall–Kier alpha value is -1.76. The first kappa shape index (κ1) is 16.7. The van der Waals surface area contributed by atoms with Crippen LogP contribution in [-0.2, 0) is 28.7 Å². The zero-order valence-electron chi connectivity index (χ0n) is 14.3. The number of hydrogen-bond acceptors (Lipinski definition) is 6. The SMILES string of the molecule is CC(C(=O)OCC1CCC(=O)CC1)N1C(=O)C2C3CCC(O3)C2C1=O. The van der Waals surface area contributed by atoms with E-state index < -0.39 is 23.8 Å². The van der Waals surface area contributed by atoms with Gasteiger partial charge in [-0.1, -0.05) is 0 Å². The zero-order chi connectivity index (χ0) is 17.7. The summed E-state index contributed by atoms with van der Waals surface area (Å²) in [6.07, 6.45) is 3.77. The van der Waals surface area contributed by atoms with Gasteiger partial charge in [0.2, 0.25) is 11.8 Å². The summed E-state index contributed by atoms with van der Waals surface area (Å²) < 4.78 is 11.0. The zero-order valence-corrected chi connectivity index (χ0v) is 14.3. The van der Waals surface area contributed by atoms with Crippen molar-refractivity contribution in [2.45, 2.75) is 63.7 Å². The molecule has 3 heterocycles. The summed E-state index contributed by atoms with van der Waals surface area (Å²) in [5, 5.41) is 0. The summed E-state index contributed by atoms with van der Waals surface area (Å²) in [5.41, 5.74) is 0. The summed E-state index contributed by atoms with van der Waals surface area (Å²) in [6, 6.07) is -0.907. The Labute approximate surface area is 146 Å². The van der Waals surface area contributed by atoms with E-state index in [0.717, 1.165) is 30.6 Å². The minimum atomic E-state index is -0.907. The largest absolute Gasteiger partial charge is 0.464 e. The molecule has 4 rings (SSSR count). The van der Waals surface area contributed by atoms with E-state index >= 15 is 0 Å². The van der Waals surface area contributed by atoms with Crippen LogP contribution in [-0.4, -0.2) is 53.3 Å². The van der Waals surface area contributed by atoms with Crippen molar-refractivity contribution < 1.29 is 28.7 Å². The monoisotopic (exact) mass is 349 g/mol. The second-order valence-corrected chi connectivity index (χ2v) is 7.68. The third kappa shape index (κ3) is 2.69. The van der Waals surface area contributed by atoms with Crippen molar-refractivity contribution in [1.82, 2.24) is 4.90 Å². The van der Waals surface area contributed by atoms with E-state index in [9.17, 15) is 19.2 Å². The van der Waals surface area contributed by atoms with E-state index in [1.165, 1.54) is 0 Å². The first-order valence-corrected chi connectivity index (χ1v) is 9.18. The van der Waals surface area contributed by atoms with Crippen LogP contribution in [0.3, 0.4) is 0 Å². The fourth-order valence-corrected chi connectivity index (χ4v) is 4.71. The van der Waals surface area contributed by atoms with Gasteiger partial charge in [0.15, 0.2) is 0 Å². The fourth-order valence-electron chi connectivity index (χ4n) is 4.71. The fraction of sp³-hybridized carbons (Fsp3) is 0.778. The molecule has 0 aromatic rings. The van der Waals surface area contributed by atoms with Crippen molar-refractivity contribution in [2.75, 3.05) is 6.61 Å². The number of amides is 2. The van der Waals surface area contributed by atoms with E-state index in [0.29, 0.717) is 12.8 Å². The lowest BCUT2D eigenvalue weighted by molar-refractivity contribution is -0.160. The number of ether oxygens (including phenoxy) is 2. The molecule has 0 spiro atoms. The number of hydrogen-bond donors (Lipinski definition) is 0. The van der Waals surface area contributed by atoms with Crippen LogP contribution < -0.4 is 0 Å². The van der Waals surface area contributed by atoms with Crippen molar-refractivity contribution in [3.05, 3.63) is 0 Å². The van der Waals surface area contributed by atoms with Crippen molar-refractivity contribution in [2.24, 2.45) is 17.8 Å². The molecule has 4 fully saturated rings. The average Bonchev–Trinajstić information content (AvgIpc) is 3.27. The van der Waals surface area contributed by atoms with Crippen molar-refractivity contribution in [3.63, 3.8) is 0 Å². The highest BCUT2D eigenvalue weighted by Crippen LogP contribution is 2.48. The van der Waals surface area contributed by atoms with Gasteiger partial charge in [-0.05, 0) is 38.5 Å². The summed E-state index contributed by atoms with van der Waals surface area (Å²) in [6.45, 7) is 1.79. The van der Waals surface area contributed by atoms with Gasteiger partial charge >= 0.3 is 5.97 Å². The molecular formula is C18H23NO6. The number of esters is 1. The Morgan fingerprint density at radius 1 is 1.08 bits per heavy atom. The number of carbonyl (C=O) groups is 4. The number of likely N-dealkylation sites (tertiary alicyclic amines) is 1. The third-order valence-corrected chi connectivity index (χ3v) is 6.17. The van der Waals surface area contributed by atoms with Crippen LogP contribution in [0.2, 0.25) is 0 Å². The second-order valence-electron chi connectivity index (χ2n) is 7.68. The Bertz CT molecular complexity index is 593. The van der Waals surface area contributed by atoms with Gasteiger partial charge in [0.1, 0.15) is 11.8 Å². The highest BCUT2D eigenvalue weighted by Gasteiger charge is 2.63. The minimum Gasteiger partial charge on any atom is -0.464 e. The normalized spacial score (nSPS) is 36.0. The van der Waals surface area contributed by atoms with Crippen LogP contribution >= 0.6 is 0 Å². The van der Waals surface area contributed by atoms with Gasteiger partial charge in [-0.3, -0.25) is 19.3 Å². The van der Waals surface area contributed by atoms with E-state index in [4.69, 9.17) is 9.47 Å². The first-order valence-electron chi connectivity index (χ1n) is 9.18. The molecule has 3 saturated heterocycles. The van der Waals surface area contributed by atoms with Crippen LogP contribution in [0.5, 0.6) is 0 Å². The average molecular weight is 349 g/mol. The Morgan fingerprint density at radius 2 is 1.64 bits per heavy atom. The van der Waals surface area contributed by atoms with Crippen LogP contribution in [0, 0.1) is 17.8 Å². The molecule has 5 unspecified atom stereocenters. The number of imide groups is 1. The van der Waals surface area contributed by atoms with E-state index in [2.05, 4.69) is 0 Å². The van der Waals surface area contributed by atoms with Crippen molar-refractivity contribution >= 4 is 23.6 Å². The van der Waals surface area contributed by atoms with E-state index in [1.807, 2.05) is 0 Å². The van der Waals surface area contributed by atoms with Crippen molar-refractivity contribution in [3.8, 4) is 0 Å². The molecule has 4 aliphatic rings. The van der Waals surface area contributed by atoms with Crippen LogP contribution in [0.15, 0.2) is 0 Å². The summed E-state index contributed by atoms with van der Waals surface area (Å²) in [5.74, 6) is -1.55. The number of nitrogens with zero attached hydrogens (tertiary/aromatic N) is 1. The predicted octanol–water partition coefficient (Wildman–Crippen LogP) is 0.840. The molecule has 7 heteroatoms. The van der Waals surface area contributed by atoms with Crippen LogP contribution in [0.4, 0.5) is 0 Å². The molecule has 136 valence electrons. The van der Waals surface area contributed by atoms with Gasteiger partial charge in [0.25, 0.3) is 0 Å². The smallest absolute Gasteiger partial charge is 0.329 e. The molecule has 5 atom stereocenters. The molecular weight excluding hydrogens is 326 g/mol. The molecule has 0 aromatic heterocycles. The Morgan fingerprint density at radius 3 is 2.20 bits per heavy atom. The summed E-state index contributed by atoms with van der Waals surface area (Å²) in [4.78, 5) is 50.0. The van der Waals surface area contributed by atoms with E-state index in [-0.39, 0.29) is 42.3 Å². The molecule has 2 bridgehead atoms. The standard InChI is InChI=1S/C18H23NO6/c1-9(18(23)24-8-10-2-4-11(20)5-3-10)19-16(21)14-12-6-7-13(25-12)15(14)17(19)22/h9-10,12-15H,2-8H2,1H3. The number of fused-ring (bicyclic) bond motifs is 5. The highest BCUT2D eigenvalue weighted by molar-refractivity contribution is 6.08. The predicted molar refractivity (Wildman–Crippen MR) is 84.1 cm³/mol. The topological polar surface area (TPSA) is 90.0 Å². The Kier molecular flexibility index (Phi) is 4.14. The molecule has 1 aliphatic carbocycles. The molecule has 2 amide bonds. The number of ketones is 1. The highest BCUT2D eigenvalue weighted by atomic mass is 16.5. The van der Waals surface area contributed by atoms with Gasteiger partial charge in [0, 0.05) is 12.8 Å². The maximum Gasteiger partial charge on any atom is 0.329 e. The third-order valence-electron chi connectivity index (χ3n) is 6.17.